The van der Waals surface area contributed by atoms with Crippen molar-refractivity contribution in [1.29, 1.82) is 0 Å². The predicted molar refractivity (Wildman–Crippen MR) is 99.3 cm³/mol. The molecule has 0 aliphatic carbocycles. The molecule has 2 aromatic rings. The number of carbonyl (C=O) groups is 2. The first-order valence-electron chi connectivity index (χ1n) is 8.81. The van der Waals surface area contributed by atoms with Crippen molar-refractivity contribution in [3.63, 3.8) is 0 Å². The third-order valence-electron chi connectivity index (χ3n) is 4.82. The van der Waals surface area contributed by atoms with Gasteiger partial charge in [-0.05, 0) is 36.5 Å². The van der Waals surface area contributed by atoms with Gasteiger partial charge in [0.05, 0.1) is 0 Å². The SMILES string of the molecule is CC(=O)N1CCC(C(=O)Nc2ccccc2Cc2ccccc2)CC1. The van der Waals surface area contributed by atoms with Gasteiger partial charge in [-0.2, -0.15) is 0 Å². The normalized spacial score (nSPS) is 15.0. The van der Waals surface area contributed by atoms with E-state index < -0.39 is 0 Å². The lowest BCUT2D eigenvalue weighted by molar-refractivity contribution is -0.132. The number of hydrogen-bond donors (Lipinski definition) is 1. The summed E-state index contributed by atoms with van der Waals surface area (Å²) < 4.78 is 0. The van der Waals surface area contributed by atoms with E-state index in [9.17, 15) is 9.59 Å². The molecule has 0 unspecified atom stereocenters. The number of piperidine rings is 1. The molecule has 4 nitrogen and oxygen atoms in total. The summed E-state index contributed by atoms with van der Waals surface area (Å²) in [5.41, 5.74) is 3.22. The Morgan fingerprint density at radius 1 is 1.00 bits per heavy atom. The molecule has 0 bridgehead atoms. The summed E-state index contributed by atoms with van der Waals surface area (Å²) in [6, 6.07) is 18.2. The van der Waals surface area contributed by atoms with Gasteiger partial charge in [-0.25, -0.2) is 0 Å². The first-order valence-corrected chi connectivity index (χ1v) is 8.81. The lowest BCUT2D eigenvalue weighted by atomic mass is 9.95. The van der Waals surface area contributed by atoms with Crippen LogP contribution in [0.4, 0.5) is 5.69 Å². The molecule has 3 rings (SSSR count). The average Bonchev–Trinajstić information content (AvgIpc) is 2.64. The van der Waals surface area contributed by atoms with E-state index in [0.29, 0.717) is 13.1 Å². The standard InChI is InChI=1S/C21H24N2O2/c1-16(24)23-13-11-18(12-14-23)21(25)22-20-10-6-5-9-19(20)15-17-7-3-2-4-8-17/h2-10,18H,11-15H2,1H3,(H,22,25). The van der Waals surface area contributed by atoms with Gasteiger partial charge in [0.15, 0.2) is 0 Å². The molecule has 0 atom stereocenters. The number of rotatable bonds is 4. The highest BCUT2D eigenvalue weighted by Crippen LogP contribution is 2.23. The molecule has 2 amide bonds. The van der Waals surface area contributed by atoms with Gasteiger partial charge in [-0.3, -0.25) is 9.59 Å². The highest BCUT2D eigenvalue weighted by Gasteiger charge is 2.26. The Labute approximate surface area is 148 Å². The maximum Gasteiger partial charge on any atom is 0.227 e. The van der Waals surface area contributed by atoms with Crippen molar-refractivity contribution in [2.24, 2.45) is 5.92 Å². The molecule has 1 aliphatic rings. The summed E-state index contributed by atoms with van der Waals surface area (Å²) >= 11 is 0. The number of hydrogen-bond acceptors (Lipinski definition) is 2. The molecular formula is C21H24N2O2. The summed E-state index contributed by atoms with van der Waals surface area (Å²) in [5.74, 6) is 0.121. The van der Waals surface area contributed by atoms with Crippen LogP contribution in [-0.2, 0) is 16.0 Å². The molecule has 0 radical (unpaired) electrons. The monoisotopic (exact) mass is 336 g/mol. The molecule has 1 N–H and O–H groups in total. The summed E-state index contributed by atoms with van der Waals surface area (Å²) in [5, 5.41) is 3.10. The molecule has 4 heteroatoms. The molecule has 1 heterocycles. The Balaban J connectivity index is 1.65. The van der Waals surface area contributed by atoms with Crippen molar-refractivity contribution >= 4 is 17.5 Å². The third kappa shape index (κ3) is 4.47. The summed E-state index contributed by atoms with van der Waals surface area (Å²) in [6.07, 6.45) is 2.25. The largest absolute Gasteiger partial charge is 0.343 e. The van der Waals surface area contributed by atoms with E-state index in [4.69, 9.17) is 0 Å². The Morgan fingerprint density at radius 3 is 2.32 bits per heavy atom. The van der Waals surface area contributed by atoms with Gasteiger partial charge in [0, 0.05) is 31.6 Å². The van der Waals surface area contributed by atoms with Crippen LogP contribution in [-0.4, -0.2) is 29.8 Å². The van der Waals surface area contributed by atoms with Gasteiger partial charge < -0.3 is 10.2 Å². The number of likely N-dealkylation sites (tertiary alicyclic amines) is 1. The Bertz CT molecular complexity index is 735. The minimum atomic E-state index is -0.0274. The third-order valence-corrected chi connectivity index (χ3v) is 4.82. The zero-order valence-electron chi connectivity index (χ0n) is 14.6. The maximum atomic E-state index is 12.6. The van der Waals surface area contributed by atoms with Crippen molar-refractivity contribution in [2.45, 2.75) is 26.2 Å². The van der Waals surface area contributed by atoms with Gasteiger partial charge in [0.1, 0.15) is 0 Å². The molecule has 1 fully saturated rings. The number of nitrogens with zero attached hydrogens (tertiary/aromatic N) is 1. The van der Waals surface area contributed by atoms with Crippen LogP contribution in [0.3, 0.4) is 0 Å². The lowest BCUT2D eigenvalue weighted by Crippen LogP contribution is -2.40. The second-order valence-electron chi connectivity index (χ2n) is 6.59. The molecule has 1 saturated heterocycles. The molecule has 1 aliphatic heterocycles. The Kier molecular flexibility index (Phi) is 5.49. The smallest absolute Gasteiger partial charge is 0.227 e. The molecule has 2 aromatic carbocycles. The van der Waals surface area contributed by atoms with E-state index in [-0.39, 0.29) is 17.7 Å². The summed E-state index contributed by atoms with van der Waals surface area (Å²) in [7, 11) is 0. The van der Waals surface area contributed by atoms with Crippen LogP contribution < -0.4 is 5.32 Å². The van der Waals surface area contributed by atoms with E-state index in [1.807, 2.05) is 41.3 Å². The van der Waals surface area contributed by atoms with Gasteiger partial charge in [-0.1, -0.05) is 48.5 Å². The fraction of sp³-hybridized carbons (Fsp3) is 0.333. The topological polar surface area (TPSA) is 49.4 Å². The second-order valence-corrected chi connectivity index (χ2v) is 6.59. The van der Waals surface area contributed by atoms with Gasteiger partial charge >= 0.3 is 0 Å². The summed E-state index contributed by atoms with van der Waals surface area (Å²) in [4.78, 5) is 25.9. The highest BCUT2D eigenvalue weighted by atomic mass is 16.2. The van der Waals surface area contributed by atoms with Crippen molar-refractivity contribution in [3.8, 4) is 0 Å². The predicted octanol–water partition coefficient (Wildman–Crippen LogP) is 3.47. The van der Waals surface area contributed by atoms with Crippen LogP contribution in [0, 0.1) is 5.92 Å². The highest BCUT2D eigenvalue weighted by molar-refractivity contribution is 5.93. The number of nitrogens with one attached hydrogen (secondary N) is 1. The number of amides is 2. The van der Waals surface area contributed by atoms with Crippen LogP contribution in [0.15, 0.2) is 54.6 Å². The Morgan fingerprint density at radius 2 is 1.64 bits per heavy atom. The van der Waals surface area contributed by atoms with E-state index in [2.05, 4.69) is 23.5 Å². The number of carbonyl (C=O) groups excluding carboxylic acids is 2. The lowest BCUT2D eigenvalue weighted by Gasteiger charge is -2.30. The molecule has 0 aromatic heterocycles. The van der Waals surface area contributed by atoms with Crippen LogP contribution in [0.25, 0.3) is 0 Å². The minimum Gasteiger partial charge on any atom is -0.343 e. The van der Waals surface area contributed by atoms with Crippen molar-refractivity contribution in [3.05, 3.63) is 65.7 Å². The minimum absolute atomic E-state index is 0.0274. The van der Waals surface area contributed by atoms with Gasteiger partial charge in [0.25, 0.3) is 0 Å². The van der Waals surface area contributed by atoms with Crippen LogP contribution in [0.1, 0.15) is 30.9 Å². The van der Waals surface area contributed by atoms with Crippen LogP contribution in [0.2, 0.25) is 0 Å². The fourth-order valence-corrected chi connectivity index (χ4v) is 3.30. The molecule has 25 heavy (non-hydrogen) atoms. The Hall–Kier alpha value is -2.62. The zero-order valence-corrected chi connectivity index (χ0v) is 14.6. The molecule has 0 spiro atoms. The number of benzene rings is 2. The second kappa shape index (κ2) is 7.97. The number of anilines is 1. The fourth-order valence-electron chi connectivity index (χ4n) is 3.30. The first kappa shape index (κ1) is 17.2. The zero-order chi connectivity index (χ0) is 17.6. The van der Waals surface area contributed by atoms with Crippen molar-refractivity contribution in [2.75, 3.05) is 18.4 Å². The first-order chi connectivity index (χ1) is 12.1. The van der Waals surface area contributed by atoms with Gasteiger partial charge in [-0.15, -0.1) is 0 Å². The molecule has 130 valence electrons. The van der Waals surface area contributed by atoms with E-state index in [0.717, 1.165) is 30.5 Å². The average molecular weight is 336 g/mol. The quantitative estimate of drug-likeness (QED) is 0.929. The summed E-state index contributed by atoms with van der Waals surface area (Å²) in [6.45, 7) is 2.92. The van der Waals surface area contributed by atoms with Crippen LogP contribution >= 0.6 is 0 Å². The van der Waals surface area contributed by atoms with Crippen molar-refractivity contribution < 1.29 is 9.59 Å². The van der Waals surface area contributed by atoms with E-state index in [1.165, 1.54) is 5.56 Å². The van der Waals surface area contributed by atoms with Gasteiger partial charge in [0.2, 0.25) is 11.8 Å². The number of para-hydroxylation sites is 1. The molecular weight excluding hydrogens is 312 g/mol. The molecule has 0 saturated carbocycles. The van der Waals surface area contributed by atoms with Crippen molar-refractivity contribution in [1.82, 2.24) is 4.90 Å². The maximum absolute atomic E-state index is 12.6. The van der Waals surface area contributed by atoms with E-state index in [1.54, 1.807) is 6.92 Å². The van der Waals surface area contributed by atoms with Crippen LogP contribution in [0.5, 0.6) is 0 Å². The van der Waals surface area contributed by atoms with E-state index >= 15 is 0 Å².